The zero-order valence-corrected chi connectivity index (χ0v) is 15.2. The number of anilines is 1. The lowest BCUT2D eigenvalue weighted by atomic mass is 10.1. The first-order chi connectivity index (χ1) is 11.9. The fourth-order valence-electron chi connectivity index (χ4n) is 2.28. The molecule has 1 heterocycles. The van der Waals surface area contributed by atoms with E-state index in [0.717, 1.165) is 16.0 Å². The van der Waals surface area contributed by atoms with Crippen molar-refractivity contribution in [3.05, 3.63) is 71.9 Å². The van der Waals surface area contributed by atoms with Gasteiger partial charge in [0.05, 0.1) is 10.6 Å². The molecule has 3 aromatic rings. The molecule has 0 bridgehead atoms. The highest BCUT2D eigenvalue weighted by Crippen LogP contribution is 2.27. The number of aromatic nitrogens is 2. The molecule has 5 nitrogen and oxygen atoms in total. The maximum atomic E-state index is 12.6. The summed E-state index contributed by atoms with van der Waals surface area (Å²) < 4.78 is 25.2. The van der Waals surface area contributed by atoms with Gasteiger partial charge in [-0.25, -0.2) is 18.4 Å². The minimum atomic E-state index is -3.39. The van der Waals surface area contributed by atoms with E-state index in [1.165, 1.54) is 11.8 Å². The van der Waals surface area contributed by atoms with Gasteiger partial charge in [0.25, 0.3) is 0 Å². The van der Waals surface area contributed by atoms with Crippen molar-refractivity contribution in [3.63, 3.8) is 0 Å². The van der Waals surface area contributed by atoms with Crippen LogP contribution in [0.15, 0.2) is 75.7 Å². The maximum Gasteiger partial charge on any atom is 0.194 e. The summed E-state index contributed by atoms with van der Waals surface area (Å²) >= 11 is 1.33. The Morgan fingerprint density at radius 1 is 1.04 bits per heavy atom. The third-order valence-corrected chi connectivity index (χ3v) is 6.22. The zero-order chi connectivity index (χ0) is 17.9. The van der Waals surface area contributed by atoms with E-state index in [9.17, 15) is 8.42 Å². The van der Waals surface area contributed by atoms with Crippen molar-refractivity contribution >= 4 is 27.4 Å². The highest BCUT2D eigenvalue weighted by atomic mass is 32.2. The molecule has 0 radical (unpaired) electrons. The first-order valence-electron chi connectivity index (χ1n) is 7.58. The van der Waals surface area contributed by atoms with Gasteiger partial charge in [-0.1, -0.05) is 24.3 Å². The van der Waals surface area contributed by atoms with Crippen molar-refractivity contribution in [2.75, 3.05) is 5.73 Å². The van der Waals surface area contributed by atoms with Crippen molar-refractivity contribution < 1.29 is 8.42 Å². The summed E-state index contributed by atoms with van der Waals surface area (Å²) in [5.74, 6) is 0.389. The lowest BCUT2D eigenvalue weighted by Gasteiger charge is -2.08. The molecule has 128 valence electrons. The summed E-state index contributed by atoms with van der Waals surface area (Å²) in [6.45, 7) is 1.91. The summed E-state index contributed by atoms with van der Waals surface area (Å²) in [4.78, 5) is 9.39. The average Bonchev–Trinajstić information content (AvgIpc) is 2.57. The van der Waals surface area contributed by atoms with Crippen LogP contribution in [0.1, 0.15) is 11.1 Å². The lowest BCUT2D eigenvalue weighted by molar-refractivity contribution is 0.595. The summed E-state index contributed by atoms with van der Waals surface area (Å²) in [6.07, 6.45) is 1.59. The number of benzene rings is 2. The minimum absolute atomic E-state index is 0.00943. The fourth-order valence-corrected chi connectivity index (χ4v) is 4.48. The smallest absolute Gasteiger partial charge is 0.194 e. The Hall–Kier alpha value is -2.38. The number of nitrogen functional groups attached to an aromatic ring is 1. The number of aryl methyl sites for hydroxylation is 1. The molecule has 25 heavy (non-hydrogen) atoms. The van der Waals surface area contributed by atoms with E-state index in [-0.39, 0.29) is 5.75 Å². The predicted octanol–water partition coefficient (Wildman–Crippen LogP) is 3.49. The topological polar surface area (TPSA) is 85.9 Å². The van der Waals surface area contributed by atoms with Gasteiger partial charge in [-0.3, -0.25) is 0 Å². The van der Waals surface area contributed by atoms with Crippen LogP contribution in [0.3, 0.4) is 0 Å². The number of hydrogen-bond acceptors (Lipinski definition) is 6. The van der Waals surface area contributed by atoms with Gasteiger partial charge in [0.15, 0.2) is 15.0 Å². The maximum absolute atomic E-state index is 12.6. The number of sulfone groups is 1. The Bertz CT molecular complexity index is 987. The molecular weight excluding hydrogens is 354 g/mol. The second kappa shape index (κ2) is 7.25. The molecule has 0 saturated heterocycles. The largest absolute Gasteiger partial charge is 0.384 e. The molecule has 0 amide bonds. The highest BCUT2D eigenvalue weighted by molar-refractivity contribution is 7.99. The number of hydrogen-bond donors (Lipinski definition) is 1. The van der Waals surface area contributed by atoms with Gasteiger partial charge >= 0.3 is 0 Å². The Morgan fingerprint density at radius 3 is 2.44 bits per heavy atom. The molecule has 1 aromatic heterocycles. The molecule has 0 aliphatic heterocycles. The Labute approximate surface area is 151 Å². The molecule has 2 aromatic carbocycles. The van der Waals surface area contributed by atoms with Gasteiger partial charge in [0, 0.05) is 11.1 Å². The van der Waals surface area contributed by atoms with Crippen LogP contribution in [-0.2, 0) is 15.6 Å². The zero-order valence-electron chi connectivity index (χ0n) is 13.6. The summed E-state index contributed by atoms with van der Waals surface area (Å²) in [5.41, 5.74) is 7.42. The first kappa shape index (κ1) is 17.4. The number of rotatable bonds is 5. The summed E-state index contributed by atoms with van der Waals surface area (Å²) in [5, 5.41) is 0.524. The molecule has 3 rings (SSSR count). The van der Waals surface area contributed by atoms with Gasteiger partial charge in [-0.05, 0) is 60.1 Å². The van der Waals surface area contributed by atoms with E-state index in [1.54, 1.807) is 36.5 Å². The molecule has 0 atom stereocenters. The Balaban J connectivity index is 1.78. The molecular formula is C18H17N3O2S2. The van der Waals surface area contributed by atoms with Crippen LogP contribution in [0.2, 0.25) is 0 Å². The Kier molecular flexibility index (Phi) is 5.06. The van der Waals surface area contributed by atoms with E-state index in [2.05, 4.69) is 9.97 Å². The third kappa shape index (κ3) is 4.37. The molecule has 0 fully saturated rings. The normalized spacial score (nSPS) is 11.4. The van der Waals surface area contributed by atoms with Crippen LogP contribution < -0.4 is 5.73 Å². The molecule has 7 heteroatoms. The number of nitrogens with zero attached hydrogens (tertiary/aromatic N) is 2. The van der Waals surface area contributed by atoms with Crippen molar-refractivity contribution in [3.8, 4) is 0 Å². The third-order valence-electron chi connectivity index (χ3n) is 3.65. The second-order valence-electron chi connectivity index (χ2n) is 5.52. The van der Waals surface area contributed by atoms with Crippen molar-refractivity contribution in [1.82, 2.24) is 9.97 Å². The van der Waals surface area contributed by atoms with Crippen LogP contribution in [0, 0.1) is 6.92 Å². The minimum Gasteiger partial charge on any atom is -0.384 e. The van der Waals surface area contributed by atoms with Gasteiger partial charge in [-0.2, -0.15) is 0 Å². The van der Waals surface area contributed by atoms with Crippen molar-refractivity contribution in [1.29, 1.82) is 0 Å². The van der Waals surface area contributed by atoms with Crippen LogP contribution >= 0.6 is 11.8 Å². The van der Waals surface area contributed by atoms with E-state index in [4.69, 9.17) is 5.73 Å². The Morgan fingerprint density at radius 2 is 1.76 bits per heavy atom. The first-order valence-corrected chi connectivity index (χ1v) is 10.0. The quantitative estimate of drug-likeness (QED) is 0.691. The van der Waals surface area contributed by atoms with Gasteiger partial charge in [0.2, 0.25) is 0 Å². The van der Waals surface area contributed by atoms with Crippen LogP contribution in [0.25, 0.3) is 0 Å². The van der Waals surface area contributed by atoms with Crippen LogP contribution in [-0.4, -0.2) is 18.4 Å². The average molecular weight is 371 g/mol. The molecule has 0 aliphatic rings. The molecule has 0 saturated carbocycles. The summed E-state index contributed by atoms with van der Waals surface area (Å²) in [7, 11) is -3.39. The standard InChI is InChI=1S/C18H17N3O2S2/c1-13-4-2-3-5-14(13)12-25(22,23)16-8-6-15(7-9-16)24-18-20-11-10-17(19)21-18/h2-11H,12H2,1H3,(H2,19,20,21). The highest BCUT2D eigenvalue weighted by Gasteiger charge is 2.16. The van der Waals surface area contributed by atoms with E-state index >= 15 is 0 Å². The molecule has 0 spiro atoms. The van der Waals surface area contributed by atoms with Crippen LogP contribution in [0.4, 0.5) is 5.82 Å². The van der Waals surface area contributed by atoms with Crippen molar-refractivity contribution in [2.24, 2.45) is 0 Å². The van der Waals surface area contributed by atoms with Gasteiger partial charge in [0.1, 0.15) is 5.82 Å². The summed E-state index contributed by atoms with van der Waals surface area (Å²) in [6, 6.07) is 15.9. The van der Waals surface area contributed by atoms with Crippen LogP contribution in [0.5, 0.6) is 0 Å². The second-order valence-corrected chi connectivity index (χ2v) is 8.55. The van der Waals surface area contributed by atoms with Gasteiger partial charge < -0.3 is 5.73 Å². The SMILES string of the molecule is Cc1ccccc1CS(=O)(=O)c1ccc(Sc2nccc(N)n2)cc1. The lowest BCUT2D eigenvalue weighted by Crippen LogP contribution is -2.06. The molecule has 0 unspecified atom stereocenters. The predicted molar refractivity (Wildman–Crippen MR) is 99.1 cm³/mol. The fraction of sp³-hybridized carbons (Fsp3) is 0.111. The molecule has 0 aliphatic carbocycles. The van der Waals surface area contributed by atoms with Gasteiger partial charge in [-0.15, -0.1) is 0 Å². The van der Waals surface area contributed by atoms with Crippen molar-refractivity contribution in [2.45, 2.75) is 27.6 Å². The molecule has 2 N–H and O–H groups in total. The monoisotopic (exact) mass is 371 g/mol. The van der Waals surface area contributed by atoms with E-state index in [1.807, 2.05) is 31.2 Å². The van der Waals surface area contributed by atoms with E-state index in [0.29, 0.717) is 15.9 Å². The van der Waals surface area contributed by atoms with E-state index < -0.39 is 9.84 Å². The number of nitrogens with two attached hydrogens (primary N) is 1.